The zero-order valence-corrected chi connectivity index (χ0v) is 14.9. The fourth-order valence-electron chi connectivity index (χ4n) is 1.89. The number of hydrazone groups is 1. The summed E-state index contributed by atoms with van der Waals surface area (Å²) in [7, 11) is 2.16. The van der Waals surface area contributed by atoms with Crippen LogP contribution in [0.15, 0.2) is 29.4 Å². The van der Waals surface area contributed by atoms with Gasteiger partial charge in [0.25, 0.3) is 0 Å². The van der Waals surface area contributed by atoms with Gasteiger partial charge in [-0.05, 0) is 18.6 Å². The quantitative estimate of drug-likeness (QED) is 0.298. The Hall–Kier alpha value is -2.43. The highest BCUT2D eigenvalue weighted by Gasteiger charge is 2.36. The molecule has 1 N–H and O–H groups in total. The molecule has 0 bridgehead atoms. The predicted octanol–water partition coefficient (Wildman–Crippen LogP) is 2.15. The van der Waals surface area contributed by atoms with E-state index in [4.69, 9.17) is 28.5 Å². The van der Waals surface area contributed by atoms with Gasteiger partial charge in [-0.1, -0.05) is 6.07 Å². The van der Waals surface area contributed by atoms with Crippen LogP contribution in [0.2, 0.25) is 6.04 Å². The van der Waals surface area contributed by atoms with Crippen LogP contribution in [0.25, 0.3) is 0 Å². The number of nitrogens with zero attached hydrogens (tertiary/aromatic N) is 3. The van der Waals surface area contributed by atoms with Crippen molar-refractivity contribution in [2.24, 2.45) is 5.10 Å². The number of anilines is 1. The van der Waals surface area contributed by atoms with Crippen molar-refractivity contribution in [3.05, 3.63) is 24.3 Å². The molecule has 1 rings (SSSR count). The van der Waals surface area contributed by atoms with Crippen LogP contribution in [-0.4, -0.2) is 42.5 Å². The maximum Gasteiger partial charge on any atom is 0.500 e. The number of hydrogen-bond donors (Lipinski definition) is 1. The van der Waals surface area contributed by atoms with Crippen molar-refractivity contribution in [2.75, 3.05) is 33.4 Å². The molecule has 0 heterocycles. The highest BCUT2D eigenvalue weighted by molar-refractivity contribution is 6.60. The number of benzene rings is 1. The highest BCUT2D eigenvalue weighted by Crippen LogP contribution is 2.19. The standard InChI is InChI=1S/C15H20N4O4Si/c1-20-24(21-2,22-3)9-5-8-23-15-7-4-6-13(10-15)18-19-14(11-16)12-17/h4,6-7,10,18H,5,8-9H2,1-3H3. The van der Waals surface area contributed by atoms with Crippen molar-refractivity contribution in [3.63, 3.8) is 0 Å². The van der Waals surface area contributed by atoms with Crippen LogP contribution < -0.4 is 10.2 Å². The summed E-state index contributed by atoms with van der Waals surface area (Å²) in [5.74, 6) is 0.644. The lowest BCUT2D eigenvalue weighted by Crippen LogP contribution is -2.42. The molecule has 0 saturated heterocycles. The molecule has 1 aromatic carbocycles. The smallest absolute Gasteiger partial charge is 0.494 e. The minimum atomic E-state index is -2.57. The number of nitriles is 2. The van der Waals surface area contributed by atoms with Crippen LogP contribution in [-0.2, 0) is 13.3 Å². The Morgan fingerprint density at radius 1 is 1.17 bits per heavy atom. The first kappa shape index (κ1) is 19.6. The maximum atomic E-state index is 8.63. The summed E-state index contributed by atoms with van der Waals surface area (Å²) in [6, 6.07) is 11.1. The van der Waals surface area contributed by atoms with Crippen molar-refractivity contribution >= 4 is 20.2 Å². The molecule has 0 saturated carbocycles. The van der Waals surface area contributed by atoms with Gasteiger partial charge in [0.2, 0.25) is 5.71 Å². The Balaban J connectivity index is 2.53. The Morgan fingerprint density at radius 2 is 1.83 bits per heavy atom. The van der Waals surface area contributed by atoms with Gasteiger partial charge in [-0.25, -0.2) is 0 Å². The first-order valence-corrected chi connectivity index (χ1v) is 9.08. The summed E-state index contributed by atoms with van der Waals surface area (Å²) in [6.07, 6.45) is 0.713. The summed E-state index contributed by atoms with van der Waals surface area (Å²) in [6.45, 7) is 0.471. The summed E-state index contributed by atoms with van der Waals surface area (Å²) in [5.41, 5.74) is 3.01. The number of hydrogen-bond acceptors (Lipinski definition) is 8. The van der Waals surface area contributed by atoms with Gasteiger partial charge >= 0.3 is 8.80 Å². The number of nitrogens with one attached hydrogen (secondary N) is 1. The maximum absolute atomic E-state index is 8.63. The average molecular weight is 348 g/mol. The normalized spacial score (nSPS) is 10.4. The van der Waals surface area contributed by atoms with E-state index in [0.717, 1.165) is 0 Å². The van der Waals surface area contributed by atoms with E-state index in [0.29, 0.717) is 30.5 Å². The second-order valence-electron chi connectivity index (χ2n) is 4.57. The molecule has 0 atom stereocenters. The minimum Gasteiger partial charge on any atom is -0.494 e. The molecule has 0 fully saturated rings. The molecule has 0 aromatic heterocycles. The summed E-state index contributed by atoms with van der Waals surface area (Å²) < 4.78 is 21.7. The van der Waals surface area contributed by atoms with Crippen molar-refractivity contribution < 1.29 is 18.0 Å². The van der Waals surface area contributed by atoms with E-state index in [2.05, 4.69) is 10.5 Å². The van der Waals surface area contributed by atoms with E-state index in [1.807, 2.05) is 0 Å². The molecule has 1 aromatic rings. The average Bonchev–Trinajstić information content (AvgIpc) is 2.64. The molecule has 0 spiro atoms. The van der Waals surface area contributed by atoms with E-state index >= 15 is 0 Å². The van der Waals surface area contributed by atoms with Crippen LogP contribution in [0.1, 0.15) is 6.42 Å². The molecule has 0 amide bonds. The van der Waals surface area contributed by atoms with E-state index in [9.17, 15) is 0 Å². The summed E-state index contributed by atoms with van der Waals surface area (Å²) in [4.78, 5) is 0. The van der Waals surface area contributed by atoms with Gasteiger partial charge in [0, 0.05) is 33.4 Å². The first-order chi connectivity index (χ1) is 11.6. The third kappa shape index (κ3) is 5.99. The topological polar surface area (TPSA) is 109 Å². The largest absolute Gasteiger partial charge is 0.500 e. The zero-order valence-electron chi connectivity index (χ0n) is 13.9. The third-order valence-electron chi connectivity index (χ3n) is 3.17. The minimum absolute atomic E-state index is 0.249. The van der Waals surface area contributed by atoms with Gasteiger partial charge in [0.15, 0.2) is 0 Å². The van der Waals surface area contributed by atoms with Crippen molar-refractivity contribution in [1.82, 2.24) is 0 Å². The summed E-state index contributed by atoms with van der Waals surface area (Å²) in [5, 5.41) is 20.9. The van der Waals surface area contributed by atoms with E-state index in [-0.39, 0.29) is 5.71 Å². The molecule has 128 valence electrons. The van der Waals surface area contributed by atoms with Crippen LogP contribution in [0.5, 0.6) is 5.75 Å². The molecule has 0 unspecified atom stereocenters. The first-order valence-electron chi connectivity index (χ1n) is 7.15. The number of rotatable bonds is 10. The Labute approximate surface area is 142 Å². The van der Waals surface area contributed by atoms with Crippen molar-refractivity contribution in [2.45, 2.75) is 12.5 Å². The predicted molar refractivity (Wildman–Crippen MR) is 90.4 cm³/mol. The molecule has 24 heavy (non-hydrogen) atoms. The summed E-state index contributed by atoms with van der Waals surface area (Å²) >= 11 is 0. The van der Waals surface area contributed by atoms with E-state index < -0.39 is 8.80 Å². The Bertz CT molecular complexity index is 611. The van der Waals surface area contributed by atoms with Gasteiger partial charge < -0.3 is 18.0 Å². The molecule has 0 aliphatic heterocycles. The van der Waals surface area contributed by atoms with Crippen LogP contribution in [0.3, 0.4) is 0 Å². The molecule has 9 heteroatoms. The highest BCUT2D eigenvalue weighted by atomic mass is 28.4. The van der Waals surface area contributed by atoms with Crippen LogP contribution in [0.4, 0.5) is 5.69 Å². The molecule has 0 aliphatic carbocycles. The van der Waals surface area contributed by atoms with Gasteiger partial charge in [-0.2, -0.15) is 15.6 Å². The van der Waals surface area contributed by atoms with E-state index in [1.165, 1.54) is 0 Å². The molecule has 0 aliphatic rings. The second-order valence-corrected chi connectivity index (χ2v) is 7.66. The second kappa shape index (κ2) is 10.4. The molecular formula is C15H20N4O4Si. The van der Waals surface area contributed by atoms with Crippen molar-refractivity contribution in [1.29, 1.82) is 10.5 Å². The van der Waals surface area contributed by atoms with Gasteiger partial charge in [-0.3, -0.25) is 5.43 Å². The SMILES string of the molecule is CO[Si](CCCOc1cccc(NN=C(C#N)C#N)c1)(OC)OC. The van der Waals surface area contributed by atoms with Gasteiger partial charge in [0.1, 0.15) is 17.9 Å². The Kier molecular flexibility index (Phi) is 8.47. The van der Waals surface area contributed by atoms with Gasteiger partial charge in [-0.15, -0.1) is 0 Å². The lowest BCUT2D eigenvalue weighted by atomic mass is 10.3. The molecule has 0 radical (unpaired) electrons. The molecular weight excluding hydrogens is 328 g/mol. The third-order valence-corrected chi connectivity index (χ3v) is 6.00. The monoisotopic (exact) mass is 348 g/mol. The fourth-order valence-corrected chi connectivity index (χ4v) is 3.58. The lowest BCUT2D eigenvalue weighted by Gasteiger charge is -2.24. The lowest BCUT2D eigenvalue weighted by molar-refractivity contribution is 0.121. The molecule has 8 nitrogen and oxygen atoms in total. The van der Waals surface area contributed by atoms with Gasteiger partial charge in [0.05, 0.1) is 12.3 Å². The zero-order chi connectivity index (χ0) is 17.8. The number of ether oxygens (including phenoxy) is 1. The fraction of sp³-hybridized carbons (Fsp3) is 0.400. The Morgan fingerprint density at radius 3 is 2.42 bits per heavy atom. The van der Waals surface area contributed by atoms with Crippen LogP contribution >= 0.6 is 0 Å². The van der Waals surface area contributed by atoms with Crippen LogP contribution in [0, 0.1) is 22.7 Å². The van der Waals surface area contributed by atoms with E-state index in [1.54, 1.807) is 57.7 Å². The van der Waals surface area contributed by atoms with Crippen molar-refractivity contribution in [3.8, 4) is 17.9 Å².